The standard InChI is InChI=1S/C16H25N5O5S/c1-20(2)27(24,25)19-14(22)9-26-13-7-10-6-12(13)18-15(10)16(23)21-5-3-4-11(21)8-17/h10-13,15,18H,3-7,9H2,1-2H3,(H,19,22)/t10-,11+,12+,13-,15+/m1/s1. The Labute approximate surface area is 159 Å². The van der Waals surface area contributed by atoms with Crippen molar-refractivity contribution in [2.75, 3.05) is 27.2 Å². The normalized spacial score (nSPS) is 32.7. The summed E-state index contributed by atoms with van der Waals surface area (Å²) in [4.78, 5) is 26.2. The van der Waals surface area contributed by atoms with E-state index in [0.29, 0.717) is 13.0 Å². The summed E-state index contributed by atoms with van der Waals surface area (Å²) in [5.41, 5.74) is 0. The van der Waals surface area contributed by atoms with Crippen molar-refractivity contribution in [3.63, 3.8) is 0 Å². The molecule has 3 aliphatic rings. The van der Waals surface area contributed by atoms with Gasteiger partial charge < -0.3 is 15.0 Å². The van der Waals surface area contributed by atoms with Crippen LogP contribution in [0, 0.1) is 17.2 Å². The molecule has 0 spiro atoms. The summed E-state index contributed by atoms with van der Waals surface area (Å²) in [6.45, 7) is 0.261. The van der Waals surface area contributed by atoms with Gasteiger partial charge in [-0.05, 0) is 31.6 Å². The average molecular weight is 399 g/mol. The fourth-order valence-electron chi connectivity index (χ4n) is 4.10. The Morgan fingerprint density at radius 3 is 2.70 bits per heavy atom. The third kappa shape index (κ3) is 4.08. The van der Waals surface area contributed by atoms with Gasteiger partial charge >= 0.3 is 10.2 Å². The van der Waals surface area contributed by atoms with Gasteiger partial charge in [0.15, 0.2) is 0 Å². The lowest BCUT2D eigenvalue weighted by Crippen LogP contribution is -2.54. The van der Waals surface area contributed by atoms with Gasteiger partial charge in [0.2, 0.25) is 5.91 Å². The highest BCUT2D eigenvalue weighted by molar-refractivity contribution is 7.87. The summed E-state index contributed by atoms with van der Waals surface area (Å²) < 4.78 is 31.7. The van der Waals surface area contributed by atoms with E-state index in [0.717, 1.165) is 23.6 Å². The highest BCUT2D eigenvalue weighted by Gasteiger charge is 2.50. The maximum absolute atomic E-state index is 12.7. The SMILES string of the molecule is CN(C)S(=O)(=O)NC(=O)CO[C@@H]1C[C@H]2C[C@@H]1N[C@@H]2C(=O)N1CCC[C@H]1C#N. The van der Waals surface area contributed by atoms with Crippen LogP contribution in [-0.4, -0.2) is 80.9 Å². The van der Waals surface area contributed by atoms with Crippen molar-refractivity contribution in [1.29, 1.82) is 5.26 Å². The second-order valence-electron chi connectivity index (χ2n) is 7.46. The van der Waals surface area contributed by atoms with Crippen LogP contribution in [0.2, 0.25) is 0 Å². The van der Waals surface area contributed by atoms with E-state index in [2.05, 4.69) is 11.4 Å². The van der Waals surface area contributed by atoms with E-state index >= 15 is 0 Å². The second-order valence-corrected chi connectivity index (χ2v) is 9.35. The van der Waals surface area contributed by atoms with Crippen molar-refractivity contribution in [1.82, 2.24) is 19.2 Å². The van der Waals surface area contributed by atoms with Gasteiger partial charge in [0.05, 0.1) is 18.2 Å². The molecule has 2 N–H and O–H groups in total. The number of nitrogens with one attached hydrogen (secondary N) is 2. The van der Waals surface area contributed by atoms with Gasteiger partial charge in [-0.15, -0.1) is 0 Å². The van der Waals surface area contributed by atoms with Crippen molar-refractivity contribution in [3.8, 4) is 6.07 Å². The molecule has 2 bridgehead atoms. The lowest BCUT2D eigenvalue weighted by molar-refractivity contribution is -0.136. The predicted octanol–water partition coefficient (Wildman–Crippen LogP) is -1.44. The molecule has 3 rings (SSSR count). The maximum Gasteiger partial charge on any atom is 0.303 e. The number of rotatable bonds is 6. The van der Waals surface area contributed by atoms with E-state index in [9.17, 15) is 23.3 Å². The molecule has 3 fully saturated rings. The van der Waals surface area contributed by atoms with Gasteiger partial charge in [-0.25, -0.2) is 4.72 Å². The summed E-state index contributed by atoms with van der Waals surface area (Å²) in [6.07, 6.45) is 2.73. The number of likely N-dealkylation sites (tertiary alicyclic amines) is 1. The zero-order valence-electron chi connectivity index (χ0n) is 15.4. The molecule has 0 aromatic carbocycles. The number of hydrogen-bond acceptors (Lipinski definition) is 7. The Morgan fingerprint density at radius 1 is 1.37 bits per heavy atom. The Bertz CT molecular complexity index is 749. The largest absolute Gasteiger partial charge is 0.367 e. The highest BCUT2D eigenvalue weighted by atomic mass is 32.2. The molecule has 0 unspecified atom stereocenters. The minimum atomic E-state index is -3.83. The van der Waals surface area contributed by atoms with Crippen molar-refractivity contribution >= 4 is 22.0 Å². The second kappa shape index (κ2) is 7.71. The van der Waals surface area contributed by atoms with Crippen LogP contribution in [0.1, 0.15) is 25.7 Å². The van der Waals surface area contributed by atoms with E-state index in [1.807, 2.05) is 4.72 Å². The van der Waals surface area contributed by atoms with Crippen LogP contribution >= 0.6 is 0 Å². The number of nitriles is 1. The summed E-state index contributed by atoms with van der Waals surface area (Å²) in [6, 6.07) is 1.48. The van der Waals surface area contributed by atoms with E-state index < -0.39 is 16.1 Å². The highest BCUT2D eigenvalue weighted by Crippen LogP contribution is 2.38. The number of carbonyl (C=O) groups is 2. The van der Waals surface area contributed by atoms with Crippen LogP contribution in [0.5, 0.6) is 0 Å². The monoisotopic (exact) mass is 399 g/mol. The van der Waals surface area contributed by atoms with Crippen LogP contribution in [0.25, 0.3) is 0 Å². The third-order valence-electron chi connectivity index (χ3n) is 5.51. The van der Waals surface area contributed by atoms with Gasteiger partial charge in [0.25, 0.3) is 5.91 Å². The number of piperidine rings is 1. The van der Waals surface area contributed by atoms with Gasteiger partial charge in [0, 0.05) is 26.7 Å². The Balaban J connectivity index is 1.48. The number of fused-ring (bicyclic) bond motifs is 2. The summed E-state index contributed by atoms with van der Waals surface area (Å²) in [5, 5.41) is 12.4. The first-order valence-corrected chi connectivity index (χ1v) is 10.5. The van der Waals surface area contributed by atoms with E-state index in [-0.39, 0.29) is 42.7 Å². The molecular formula is C16H25N5O5S. The molecule has 0 aromatic rings. The molecular weight excluding hydrogens is 374 g/mol. The summed E-state index contributed by atoms with van der Waals surface area (Å²) >= 11 is 0. The lowest BCUT2D eigenvalue weighted by atomic mass is 9.97. The topological polar surface area (TPSA) is 132 Å². The minimum Gasteiger partial charge on any atom is -0.367 e. The molecule has 10 nitrogen and oxygen atoms in total. The van der Waals surface area contributed by atoms with E-state index in [4.69, 9.17) is 4.74 Å². The van der Waals surface area contributed by atoms with Gasteiger partial charge in [-0.3, -0.25) is 9.59 Å². The number of ether oxygens (including phenoxy) is 1. The molecule has 2 saturated heterocycles. The Kier molecular flexibility index (Phi) is 5.71. The molecule has 2 heterocycles. The molecule has 0 aromatic heterocycles. The number of nitrogens with zero attached hydrogens (tertiary/aromatic N) is 3. The first-order chi connectivity index (χ1) is 12.7. The predicted molar refractivity (Wildman–Crippen MR) is 94.3 cm³/mol. The smallest absolute Gasteiger partial charge is 0.303 e. The molecule has 27 heavy (non-hydrogen) atoms. The molecule has 11 heteroatoms. The molecule has 1 saturated carbocycles. The minimum absolute atomic E-state index is 0.0279. The zero-order valence-corrected chi connectivity index (χ0v) is 16.2. The average Bonchev–Trinajstić information content (AvgIpc) is 3.33. The molecule has 1 aliphatic carbocycles. The molecule has 0 radical (unpaired) electrons. The lowest BCUT2D eigenvalue weighted by Gasteiger charge is -2.32. The summed E-state index contributed by atoms with van der Waals surface area (Å²) in [7, 11) is -1.18. The Hall–Kier alpha value is -1.74. The molecule has 2 amide bonds. The van der Waals surface area contributed by atoms with Crippen LogP contribution in [0.4, 0.5) is 0 Å². The number of hydrogen-bond donors (Lipinski definition) is 2. The maximum atomic E-state index is 12.7. The van der Waals surface area contributed by atoms with Gasteiger partial charge in [-0.1, -0.05) is 0 Å². The number of carbonyl (C=O) groups excluding carboxylic acids is 2. The van der Waals surface area contributed by atoms with E-state index in [1.54, 1.807) is 4.90 Å². The molecule has 5 atom stereocenters. The Morgan fingerprint density at radius 2 is 2.11 bits per heavy atom. The quantitative estimate of drug-likeness (QED) is 0.559. The van der Waals surface area contributed by atoms with Crippen LogP contribution in [-0.2, 0) is 24.5 Å². The van der Waals surface area contributed by atoms with Crippen molar-refractivity contribution in [2.24, 2.45) is 5.92 Å². The molecule has 150 valence electrons. The van der Waals surface area contributed by atoms with Crippen molar-refractivity contribution in [3.05, 3.63) is 0 Å². The first kappa shape index (κ1) is 20.0. The molecule has 2 aliphatic heterocycles. The number of amides is 2. The zero-order chi connectivity index (χ0) is 19.8. The van der Waals surface area contributed by atoms with Gasteiger partial charge in [0.1, 0.15) is 12.6 Å². The van der Waals surface area contributed by atoms with Gasteiger partial charge in [-0.2, -0.15) is 18.0 Å². The van der Waals surface area contributed by atoms with Crippen LogP contribution < -0.4 is 10.0 Å². The van der Waals surface area contributed by atoms with Crippen LogP contribution in [0.15, 0.2) is 0 Å². The fraction of sp³-hybridized carbons (Fsp3) is 0.812. The van der Waals surface area contributed by atoms with E-state index in [1.165, 1.54) is 14.1 Å². The van der Waals surface area contributed by atoms with Crippen molar-refractivity contribution in [2.45, 2.75) is 49.9 Å². The van der Waals surface area contributed by atoms with Crippen molar-refractivity contribution < 1.29 is 22.7 Å². The first-order valence-electron chi connectivity index (χ1n) is 9.03. The summed E-state index contributed by atoms with van der Waals surface area (Å²) in [5.74, 6) is -0.658. The fourth-order valence-corrected chi connectivity index (χ4v) is 4.63. The van der Waals surface area contributed by atoms with Crippen LogP contribution in [0.3, 0.4) is 0 Å². The third-order valence-corrected chi connectivity index (χ3v) is 6.96.